The Morgan fingerprint density at radius 3 is 2.07 bits per heavy atom. The van der Waals surface area contributed by atoms with Gasteiger partial charge < -0.3 is 24.5 Å². The van der Waals surface area contributed by atoms with Gasteiger partial charge in [0.05, 0.1) is 36.4 Å². The van der Waals surface area contributed by atoms with Gasteiger partial charge in [-0.3, -0.25) is 19.4 Å². The molecule has 1 saturated heterocycles. The van der Waals surface area contributed by atoms with Crippen LogP contribution in [-0.2, 0) is 16.1 Å². The van der Waals surface area contributed by atoms with Gasteiger partial charge in [-0.15, -0.1) is 0 Å². The second-order valence-corrected chi connectivity index (χ2v) is 15.1. The second kappa shape index (κ2) is 17.8. The van der Waals surface area contributed by atoms with Gasteiger partial charge in [-0.05, 0) is 101 Å². The molecule has 1 aliphatic heterocycles. The van der Waals surface area contributed by atoms with Gasteiger partial charge in [0.15, 0.2) is 0 Å². The van der Waals surface area contributed by atoms with E-state index in [0.717, 1.165) is 64.6 Å². The largest absolute Gasteiger partial charge is 0.457 e. The number of likely N-dealkylation sites (tertiary alicyclic amines) is 1. The van der Waals surface area contributed by atoms with E-state index in [9.17, 15) is 9.59 Å². The second-order valence-electron chi connectivity index (χ2n) is 15.1. The standard InChI is InChI=1S/C46H52N8O3/c1-6-26-53(45(55)42(51(2)3)33-15-9-7-10-16-33)31-41-47-29-38(49-41)32-22-24-36(25-23-32)57-37-20-13-19-35(28-37)39-30-48-44(50-39)40-21-14-27-54(40)46(56)43(52(4)5)34-17-11-8-12-18-34/h7-13,15-20,22-25,28-30,40,42-43H,6,14,21,26-27,31H2,1-5H3,(H,47,49)(H,48,50)/t40-,42+,43+/m0/s1. The van der Waals surface area contributed by atoms with E-state index in [4.69, 9.17) is 9.72 Å². The lowest BCUT2D eigenvalue weighted by Gasteiger charge is -2.31. The van der Waals surface area contributed by atoms with Crippen LogP contribution in [0.4, 0.5) is 0 Å². The van der Waals surface area contributed by atoms with Gasteiger partial charge in [0.2, 0.25) is 11.8 Å². The van der Waals surface area contributed by atoms with Crippen LogP contribution in [0.15, 0.2) is 122 Å². The summed E-state index contributed by atoms with van der Waals surface area (Å²) in [4.78, 5) is 51.9. The summed E-state index contributed by atoms with van der Waals surface area (Å²) in [6.45, 7) is 3.80. The van der Waals surface area contributed by atoms with Gasteiger partial charge in [0, 0.05) is 18.7 Å². The third-order valence-electron chi connectivity index (χ3n) is 10.5. The maximum absolute atomic E-state index is 13.9. The van der Waals surface area contributed by atoms with E-state index in [2.05, 4.69) is 21.9 Å². The molecule has 1 aliphatic rings. The van der Waals surface area contributed by atoms with E-state index in [-0.39, 0.29) is 29.9 Å². The molecule has 57 heavy (non-hydrogen) atoms. The fourth-order valence-electron chi connectivity index (χ4n) is 7.76. The van der Waals surface area contributed by atoms with Crippen molar-refractivity contribution >= 4 is 11.8 Å². The average Bonchev–Trinajstić information content (AvgIpc) is 4.01. The zero-order chi connectivity index (χ0) is 39.9. The first-order valence-corrected chi connectivity index (χ1v) is 19.7. The van der Waals surface area contributed by atoms with Gasteiger partial charge in [-0.25, -0.2) is 9.97 Å². The van der Waals surface area contributed by atoms with E-state index < -0.39 is 0 Å². The molecule has 6 aromatic rings. The molecule has 0 spiro atoms. The van der Waals surface area contributed by atoms with Crippen LogP contribution in [0.1, 0.15) is 67.1 Å². The number of carbonyl (C=O) groups excluding carboxylic acids is 2. The summed E-state index contributed by atoms with van der Waals surface area (Å²) in [5.74, 6) is 3.05. The van der Waals surface area contributed by atoms with Crippen LogP contribution < -0.4 is 4.74 Å². The van der Waals surface area contributed by atoms with Gasteiger partial charge in [-0.1, -0.05) is 79.7 Å². The van der Waals surface area contributed by atoms with Crippen molar-refractivity contribution in [3.63, 3.8) is 0 Å². The van der Waals surface area contributed by atoms with E-state index >= 15 is 0 Å². The van der Waals surface area contributed by atoms with E-state index in [1.165, 1.54) is 0 Å². The molecule has 0 unspecified atom stereocenters. The number of ether oxygens (including phenoxy) is 1. The predicted octanol–water partition coefficient (Wildman–Crippen LogP) is 8.27. The van der Waals surface area contributed by atoms with Crippen LogP contribution in [0.5, 0.6) is 11.5 Å². The van der Waals surface area contributed by atoms with Crippen molar-refractivity contribution in [3.8, 4) is 34.0 Å². The quantitative estimate of drug-likeness (QED) is 0.108. The number of amides is 2. The summed E-state index contributed by atoms with van der Waals surface area (Å²) in [5, 5.41) is 0. The number of rotatable bonds is 15. The lowest BCUT2D eigenvalue weighted by Crippen LogP contribution is -2.40. The molecular weight excluding hydrogens is 713 g/mol. The Morgan fingerprint density at radius 2 is 1.40 bits per heavy atom. The number of nitrogens with one attached hydrogen (secondary N) is 2. The molecular formula is C46H52N8O3. The maximum atomic E-state index is 13.9. The Hall–Kier alpha value is -6.04. The van der Waals surface area contributed by atoms with E-state index in [0.29, 0.717) is 31.1 Å². The number of hydrogen-bond acceptors (Lipinski definition) is 7. The molecule has 2 N–H and O–H groups in total. The number of carbonyl (C=O) groups is 2. The first-order valence-electron chi connectivity index (χ1n) is 19.7. The minimum atomic E-state index is -0.376. The molecule has 3 heterocycles. The lowest BCUT2D eigenvalue weighted by atomic mass is 10.0. The fourth-order valence-corrected chi connectivity index (χ4v) is 7.76. The van der Waals surface area contributed by atoms with Crippen LogP contribution in [0, 0.1) is 0 Å². The number of benzene rings is 4. The van der Waals surface area contributed by atoms with Crippen molar-refractivity contribution in [2.45, 2.75) is 50.9 Å². The zero-order valence-electron chi connectivity index (χ0n) is 33.4. The van der Waals surface area contributed by atoms with Crippen LogP contribution >= 0.6 is 0 Å². The molecule has 4 aromatic carbocycles. The van der Waals surface area contributed by atoms with Crippen LogP contribution in [0.25, 0.3) is 22.5 Å². The maximum Gasteiger partial charge on any atom is 0.245 e. The Kier molecular flexibility index (Phi) is 12.3. The van der Waals surface area contributed by atoms with Crippen molar-refractivity contribution in [1.29, 1.82) is 0 Å². The molecule has 0 aliphatic carbocycles. The van der Waals surface area contributed by atoms with Crippen molar-refractivity contribution < 1.29 is 14.3 Å². The Morgan fingerprint density at radius 1 is 0.754 bits per heavy atom. The van der Waals surface area contributed by atoms with Crippen molar-refractivity contribution in [1.82, 2.24) is 39.5 Å². The molecule has 0 bridgehead atoms. The summed E-state index contributed by atoms with van der Waals surface area (Å²) in [6.07, 6.45) is 6.28. The highest BCUT2D eigenvalue weighted by atomic mass is 16.5. The number of likely N-dealkylation sites (N-methyl/N-ethyl adjacent to an activating group) is 2. The van der Waals surface area contributed by atoms with Gasteiger partial charge in [0.1, 0.15) is 35.2 Å². The van der Waals surface area contributed by atoms with Crippen molar-refractivity contribution in [2.75, 3.05) is 41.3 Å². The summed E-state index contributed by atoms with van der Waals surface area (Å²) >= 11 is 0. The third-order valence-corrected chi connectivity index (χ3v) is 10.5. The fraction of sp³-hybridized carbons (Fsp3) is 0.304. The molecule has 7 rings (SSSR count). The van der Waals surface area contributed by atoms with Gasteiger partial charge in [0.25, 0.3) is 0 Å². The molecule has 1 fully saturated rings. The van der Waals surface area contributed by atoms with Gasteiger partial charge in [-0.2, -0.15) is 0 Å². The number of aromatic amines is 2. The van der Waals surface area contributed by atoms with Crippen molar-refractivity contribution in [3.05, 3.63) is 144 Å². The van der Waals surface area contributed by atoms with Crippen LogP contribution in [0.3, 0.4) is 0 Å². The molecule has 3 atom stereocenters. The SMILES string of the molecule is CCCN(Cc1ncc(-c2ccc(Oc3cccc(-c4cnc([C@@H]5CCCN5C(=O)[C@@H](c5ccccc5)N(C)C)[nH]4)c3)cc2)[nH]1)C(=O)[C@@H](c1ccccc1)N(C)C. The number of nitrogens with zero attached hydrogens (tertiary/aromatic N) is 6. The Bertz CT molecular complexity index is 2230. The monoisotopic (exact) mass is 764 g/mol. The number of aromatic nitrogens is 4. The summed E-state index contributed by atoms with van der Waals surface area (Å²) < 4.78 is 6.30. The van der Waals surface area contributed by atoms with Crippen LogP contribution in [-0.4, -0.2) is 92.6 Å². The smallest absolute Gasteiger partial charge is 0.245 e. The molecule has 2 aromatic heterocycles. The Balaban J connectivity index is 0.999. The first-order chi connectivity index (χ1) is 27.7. The third kappa shape index (κ3) is 9.01. The zero-order valence-corrected chi connectivity index (χ0v) is 33.4. The minimum Gasteiger partial charge on any atom is -0.457 e. The summed E-state index contributed by atoms with van der Waals surface area (Å²) in [5.41, 5.74) is 5.58. The number of hydrogen-bond donors (Lipinski definition) is 2. The van der Waals surface area contributed by atoms with E-state index in [1.807, 2.05) is 169 Å². The number of H-pyrrole nitrogens is 2. The first kappa shape index (κ1) is 39.2. The molecule has 0 radical (unpaired) electrons. The van der Waals surface area contributed by atoms with Gasteiger partial charge >= 0.3 is 0 Å². The lowest BCUT2D eigenvalue weighted by molar-refractivity contribution is -0.138. The normalized spacial score (nSPS) is 15.2. The highest BCUT2D eigenvalue weighted by molar-refractivity contribution is 5.84. The molecule has 0 saturated carbocycles. The predicted molar refractivity (Wildman–Crippen MR) is 223 cm³/mol. The minimum absolute atomic E-state index is 0.0503. The molecule has 294 valence electrons. The van der Waals surface area contributed by atoms with Crippen molar-refractivity contribution in [2.24, 2.45) is 0 Å². The highest BCUT2D eigenvalue weighted by Gasteiger charge is 2.37. The van der Waals surface area contributed by atoms with E-state index in [1.54, 1.807) is 0 Å². The Labute approximate surface area is 335 Å². The summed E-state index contributed by atoms with van der Waals surface area (Å²) in [6, 6.07) is 34.8. The molecule has 2 amide bonds. The molecule has 11 nitrogen and oxygen atoms in total. The average molecular weight is 765 g/mol. The topological polar surface area (TPSA) is 114 Å². The summed E-state index contributed by atoms with van der Waals surface area (Å²) in [7, 11) is 7.78. The van der Waals surface area contributed by atoms with Crippen LogP contribution in [0.2, 0.25) is 0 Å². The number of imidazole rings is 2. The molecule has 11 heteroatoms. The highest BCUT2D eigenvalue weighted by Crippen LogP contribution is 2.36.